The Kier molecular flexibility index (Phi) is 5.30. The van der Waals surface area contributed by atoms with E-state index < -0.39 is 10.0 Å². The molecule has 6 heteroatoms. The number of halogens is 1. The van der Waals surface area contributed by atoms with Gasteiger partial charge in [0.05, 0.1) is 5.02 Å². The van der Waals surface area contributed by atoms with Crippen LogP contribution in [-0.2, 0) is 16.6 Å². The van der Waals surface area contributed by atoms with Gasteiger partial charge in [-0.2, -0.15) is 0 Å². The van der Waals surface area contributed by atoms with Gasteiger partial charge in [0.2, 0.25) is 10.0 Å². The van der Waals surface area contributed by atoms with Crippen LogP contribution in [0.5, 0.6) is 0 Å². The Hall–Kier alpha value is -0.620. The summed E-state index contributed by atoms with van der Waals surface area (Å²) in [6.07, 6.45) is 2.41. The quantitative estimate of drug-likeness (QED) is 0.836. The van der Waals surface area contributed by atoms with Gasteiger partial charge in [0, 0.05) is 26.2 Å². The second kappa shape index (κ2) is 6.65. The van der Waals surface area contributed by atoms with Crippen LogP contribution in [0.2, 0.25) is 5.02 Å². The lowest BCUT2D eigenvalue weighted by atomic mass is 10.2. The average Bonchev–Trinajstić information content (AvgIpc) is 3.20. The highest BCUT2D eigenvalue weighted by Crippen LogP contribution is 2.26. The molecule has 0 aliphatic heterocycles. The van der Waals surface area contributed by atoms with Crippen molar-refractivity contribution in [1.29, 1.82) is 0 Å². The van der Waals surface area contributed by atoms with Crippen LogP contribution in [0.1, 0.15) is 32.3 Å². The van der Waals surface area contributed by atoms with Crippen molar-refractivity contribution in [1.82, 2.24) is 9.62 Å². The normalized spacial score (nSPS) is 15.9. The fourth-order valence-electron chi connectivity index (χ4n) is 2.19. The molecule has 0 bridgehead atoms. The molecule has 4 nitrogen and oxygen atoms in total. The maximum Gasteiger partial charge on any atom is 0.244 e. The van der Waals surface area contributed by atoms with E-state index in [1.165, 1.54) is 17.1 Å². The molecule has 2 rings (SSSR count). The first kappa shape index (κ1) is 16.7. The van der Waals surface area contributed by atoms with Crippen LogP contribution in [-0.4, -0.2) is 32.4 Å². The summed E-state index contributed by atoms with van der Waals surface area (Å²) < 4.78 is 26.6. The maximum absolute atomic E-state index is 12.6. The van der Waals surface area contributed by atoms with E-state index in [2.05, 4.69) is 5.32 Å². The van der Waals surface area contributed by atoms with E-state index in [-0.39, 0.29) is 15.8 Å². The lowest BCUT2D eigenvalue weighted by Crippen LogP contribution is -2.30. The molecule has 0 spiro atoms. The Morgan fingerprint density at radius 3 is 2.62 bits per heavy atom. The fourth-order valence-corrected chi connectivity index (χ4v) is 4.04. The number of benzene rings is 1. The number of nitrogens with zero attached hydrogens (tertiary/aromatic N) is 1. The van der Waals surface area contributed by atoms with Gasteiger partial charge in [0.15, 0.2) is 0 Å². The van der Waals surface area contributed by atoms with Gasteiger partial charge in [-0.15, -0.1) is 0 Å². The topological polar surface area (TPSA) is 49.4 Å². The maximum atomic E-state index is 12.6. The number of hydrogen-bond acceptors (Lipinski definition) is 3. The summed E-state index contributed by atoms with van der Waals surface area (Å²) >= 11 is 6.11. The number of hydrogen-bond donors (Lipinski definition) is 1. The molecule has 0 unspecified atom stereocenters. The lowest BCUT2D eigenvalue weighted by Gasteiger charge is -2.20. The molecule has 0 aromatic heterocycles. The van der Waals surface area contributed by atoms with Crippen LogP contribution < -0.4 is 5.32 Å². The molecule has 1 aliphatic rings. The SMILES string of the molecule is CC(C)CN(C)S(=O)(=O)c1cc(CNC2CC2)ccc1Cl. The molecule has 1 fully saturated rings. The molecule has 1 aromatic carbocycles. The van der Waals surface area contributed by atoms with Crippen LogP contribution in [0.15, 0.2) is 23.1 Å². The summed E-state index contributed by atoms with van der Waals surface area (Å²) in [5.74, 6) is 0.267. The predicted octanol–water partition coefficient (Wildman–Crippen LogP) is 2.87. The average molecular weight is 331 g/mol. The summed E-state index contributed by atoms with van der Waals surface area (Å²) in [5.41, 5.74) is 0.947. The minimum atomic E-state index is -3.54. The summed E-state index contributed by atoms with van der Waals surface area (Å²) in [5, 5.41) is 3.66. The molecular weight excluding hydrogens is 308 g/mol. The third-order valence-electron chi connectivity index (χ3n) is 3.48. The van der Waals surface area contributed by atoms with Gasteiger partial charge < -0.3 is 5.32 Å². The van der Waals surface area contributed by atoms with Crippen molar-refractivity contribution >= 4 is 21.6 Å². The summed E-state index contributed by atoms with van der Waals surface area (Å²) in [6.45, 7) is 5.13. The molecular formula is C15H23ClN2O2S. The van der Waals surface area contributed by atoms with Gasteiger partial charge in [0.1, 0.15) is 4.90 Å². The van der Waals surface area contributed by atoms with E-state index in [1.807, 2.05) is 19.9 Å². The van der Waals surface area contributed by atoms with Crippen molar-refractivity contribution in [3.63, 3.8) is 0 Å². The largest absolute Gasteiger partial charge is 0.310 e. The smallest absolute Gasteiger partial charge is 0.244 e. The molecule has 0 heterocycles. The van der Waals surface area contributed by atoms with Gasteiger partial charge >= 0.3 is 0 Å². The summed E-state index contributed by atoms with van der Waals surface area (Å²) in [7, 11) is -1.94. The van der Waals surface area contributed by atoms with Crippen molar-refractivity contribution in [3.8, 4) is 0 Å². The van der Waals surface area contributed by atoms with Gasteiger partial charge in [-0.1, -0.05) is 31.5 Å². The molecule has 0 saturated heterocycles. The Bertz CT molecular complexity index is 598. The standard InChI is InChI=1S/C15H23ClN2O2S/c1-11(2)10-18(3)21(19,20)15-8-12(4-7-14(15)16)9-17-13-5-6-13/h4,7-8,11,13,17H,5-6,9-10H2,1-3H3. The molecule has 21 heavy (non-hydrogen) atoms. The lowest BCUT2D eigenvalue weighted by molar-refractivity contribution is 0.417. The molecule has 1 N–H and O–H groups in total. The van der Waals surface area contributed by atoms with Crippen molar-refractivity contribution in [2.45, 2.75) is 44.2 Å². The van der Waals surface area contributed by atoms with Crippen molar-refractivity contribution in [2.75, 3.05) is 13.6 Å². The van der Waals surface area contributed by atoms with Crippen molar-refractivity contribution in [2.24, 2.45) is 5.92 Å². The van der Waals surface area contributed by atoms with Gasteiger partial charge in [0.25, 0.3) is 0 Å². The minimum Gasteiger partial charge on any atom is -0.310 e. The first-order chi connectivity index (χ1) is 9.80. The molecule has 0 atom stereocenters. The van der Waals surface area contributed by atoms with Crippen LogP contribution in [0, 0.1) is 5.92 Å². The Balaban J connectivity index is 2.21. The molecule has 0 radical (unpaired) electrons. The van der Waals surface area contributed by atoms with E-state index >= 15 is 0 Å². The molecule has 118 valence electrons. The second-order valence-electron chi connectivity index (χ2n) is 6.10. The predicted molar refractivity (Wildman–Crippen MR) is 86.0 cm³/mol. The Morgan fingerprint density at radius 1 is 1.38 bits per heavy atom. The monoisotopic (exact) mass is 330 g/mol. The van der Waals surface area contributed by atoms with Gasteiger partial charge in [-0.05, 0) is 36.5 Å². The zero-order valence-electron chi connectivity index (χ0n) is 12.8. The van der Waals surface area contributed by atoms with E-state index in [9.17, 15) is 8.42 Å². The highest BCUT2D eigenvalue weighted by molar-refractivity contribution is 7.89. The van der Waals surface area contributed by atoms with Gasteiger partial charge in [-0.3, -0.25) is 0 Å². The first-order valence-corrected chi connectivity index (χ1v) is 9.10. The molecule has 1 aromatic rings. The Labute approximate surface area is 132 Å². The fraction of sp³-hybridized carbons (Fsp3) is 0.600. The van der Waals surface area contributed by atoms with Crippen LogP contribution in [0.3, 0.4) is 0 Å². The molecule has 1 saturated carbocycles. The molecule has 1 aliphatic carbocycles. The van der Waals surface area contributed by atoms with Crippen molar-refractivity contribution in [3.05, 3.63) is 28.8 Å². The van der Waals surface area contributed by atoms with Crippen molar-refractivity contribution < 1.29 is 8.42 Å². The second-order valence-corrected chi connectivity index (χ2v) is 8.52. The highest BCUT2D eigenvalue weighted by Gasteiger charge is 2.25. The van der Waals surface area contributed by atoms with Crippen LogP contribution >= 0.6 is 11.6 Å². The van der Waals surface area contributed by atoms with Crippen LogP contribution in [0.25, 0.3) is 0 Å². The summed E-state index contributed by atoms with van der Waals surface area (Å²) in [6, 6.07) is 5.81. The van der Waals surface area contributed by atoms with E-state index in [1.54, 1.807) is 19.2 Å². The Morgan fingerprint density at radius 2 is 2.05 bits per heavy atom. The third-order valence-corrected chi connectivity index (χ3v) is 5.78. The number of sulfonamides is 1. The van der Waals surface area contributed by atoms with Gasteiger partial charge in [-0.25, -0.2) is 12.7 Å². The molecule has 0 amide bonds. The highest BCUT2D eigenvalue weighted by atomic mass is 35.5. The van der Waals surface area contributed by atoms with E-state index in [0.717, 1.165) is 5.56 Å². The number of nitrogens with one attached hydrogen (secondary N) is 1. The zero-order chi connectivity index (χ0) is 15.6. The number of rotatable bonds is 7. The van der Waals surface area contributed by atoms with Crippen LogP contribution in [0.4, 0.5) is 0 Å². The third kappa shape index (κ3) is 4.42. The van der Waals surface area contributed by atoms with E-state index in [0.29, 0.717) is 19.1 Å². The first-order valence-electron chi connectivity index (χ1n) is 7.29. The zero-order valence-corrected chi connectivity index (χ0v) is 14.3. The van der Waals surface area contributed by atoms with E-state index in [4.69, 9.17) is 11.6 Å². The summed E-state index contributed by atoms with van der Waals surface area (Å²) in [4.78, 5) is 0.197. The minimum absolute atomic E-state index is 0.197.